The van der Waals surface area contributed by atoms with Gasteiger partial charge in [-0.25, -0.2) is 4.98 Å². The number of aromatic nitrogens is 1. The first-order chi connectivity index (χ1) is 9.72. The van der Waals surface area contributed by atoms with Crippen molar-refractivity contribution in [2.45, 2.75) is 51.5 Å². The second-order valence-electron chi connectivity index (χ2n) is 5.83. The van der Waals surface area contributed by atoms with Crippen molar-refractivity contribution in [3.8, 4) is 5.75 Å². The van der Waals surface area contributed by atoms with Crippen molar-refractivity contribution in [2.75, 3.05) is 18.5 Å². The Morgan fingerprint density at radius 3 is 3.05 bits per heavy atom. The van der Waals surface area contributed by atoms with E-state index in [0.29, 0.717) is 19.1 Å². The fraction of sp³-hybridized carbons (Fsp3) is 0.688. The van der Waals surface area contributed by atoms with Crippen LogP contribution in [-0.2, 0) is 0 Å². The normalized spacial score (nSPS) is 26.2. The number of nitrogens with two attached hydrogens (primary N) is 1. The van der Waals surface area contributed by atoms with Gasteiger partial charge in [-0.05, 0) is 37.3 Å². The molecule has 0 aromatic carbocycles. The van der Waals surface area contributed by atoms with Crippen molar-refractivity contribution >= 4 is 5.82 Å². The second kappa shape index (κ2) is 6.93. The highest BCUT2D eigenvalue weighted by molar-refractivity contribution is 5.51. The summed E-state index contributed by atoms with van der Waals surface area (Å²) in [7, 11) is 0. The molecule has 1 aliphatic rings. The lowest BCUT2D eigenvalue weighted by molar-refractivity contribution is 0.233. The first-order valence-electron chi connectivity index (χ1n) is 7.78. The Morgan fingerprint density at radius 2 is 2.35 bits per heavy atom. The lowest BCUT2D eigenvalue weighted by Gasteiger charge is -2.43. The zero-order chi connectivity index (χ0) is 14.4. The molecule has 2 unspecified atom stereocenters. The van der Waals surface area contributed by atoms with Crippen molar-refractivity contribution in [1.29, 1.82) is 0 Å². The Bertz CT molecular complexity index is 424. The molecule has 4 heteroatoms. The van der Waals surface area contributed by atoms with E-state index in [-0.39, 0.29) is 5.54 Å². The summed E-state index contributed by atoms with van der Waals surface area (Å²) in [6, 6.07) is 3.89. The van der Waals surface area contributed by atoms with Gasteiger partial charge in [-0.1, -0.05) is 26.7 Å². The summed E-state index contributed by atoms with van der Waals surface area (Å²) in [4.78, 5) is 4.46. The largest absolute Gasteiger partial charge is 0.490 e. The summed E-state index contributed by atoms with van der Waals surface area (Å²) < 4.78 is 5.79. The van der Waals surface area contributed by atoms with E-state index < -0.39 is 0 Å². The molecular formula is C16H27N3O. The van der Waals surface area contributed by atoms with E-state index in [2.05, 4.69) is 24.1 Å². The Morgan fingerprint density at radius 1 is 1.50 bits per heavy atom. The van der Waals surface area contributed by atoms with Crippen molar-refractivity contribution in [3.63, 3.8) is 0 Å². The van der Waals surface area contributed by atoms with E-state index in [0.717, 1.165) is 24.4 Å². The van der Waals surface area contributed by atoms with E-state index in [1.165, 1.54) is 19.3 Å². The molecule has 4 nitrogen and oxygen atoms in total. The summed E-state index contributed by atoms with van der Waals surface area (Å²) in [6.07, 6.45) is 7.65. The molecule has 1 aromatic rings. The molecule has 0 spiro atoms. The summed E-state index contributed by atoms with van der Waals surface area (Å²) in [5.74, 6) is 2.22. The maximum Gasteiger partial charge on any atom is 0.169 e. The number of nitrogens with one attached hydrogen (secondary N) is 1. The maximum absolute atomic E-state index is 6.10. The molecule has 0 radical (unpaired) electrons. The number of ether oxygens (including phenoxy) is 1. The molecule has 1 aromatic heterocycles. The number of hydrogen-bond acceptors (Lipinski definition) is 4. The van der Waals surface area contributed by atoms with Crippen LogP contribution in [0.2, 0.25) is 0 Å². The molecule has 0 amide bonds. The van der Waals surface area contributed by atoms with Gasteiger partial charge < -0.3 is 15.8 Å². The monoisotopic (exact) mass is 277 g/mol. The first kappa shape index (κ1) is 15.1. The minimum Gasteiger partial charge on any atom is -0.490 e. The van der Waals surface area contributed by atoms with Crippen LogP contribution in [0.1, 0.15) is 46.0 Å². The quantitative estimate of drug-likeness (QED) is 0.838. The summed E-state index contributed by atoms with van der Waals surface area (Å²) in [6.45, 7) is 5.74. The fourth-order valence-corrected chi connectivity index (χ4v) is 3.00. The summed E-state index contributed by atoms with van der Waals surface area (Å²) >= 11 is 0. The van der Waals surface area contributed by atoms with E-state index >= 15 is 0 Å². The van der Waals surface area contributed by atoms with Crippen LogP contribution in [0.25, 0.3) is 0 Å². The van der Waals surface area contributed by atoms with Gasteiger partial charge in [0.15, 0.2) is 11.6 Å². The molecule has 1 fully saturated rings. The van der Waals surface area contributed by atoms with Crippen molar-refractivity contribution in [1.82, 2.24) is 4.98 Å². The van der Waals surface area contributed by atoms with Crippen LogP contribution in [0.4, 0.5) is 5.82 Å². The Hall–Kier alpha value is -1.29. The van der Waals surface area contributed by atoms with Crippen LogP contribution >= 0.6 is 0 Å². The number of pyridine rings is 1. The number of anilines is 1. The van der Waals surface area contributed by atoms with Crippen molar-refractivity contribution < 1.29 is 4.74 Å². The number of hydrogen-bond donors (Lipinski definition) is 2. The molecule has 1 saturated carbocycles. The van der Waals surface area contributed by atoms with Crippen LogP contribution < -0.4 is 15.8 Å². The third-order valence-electron chi connectivity index (χ3n) is 4.42. The lowest BCUT2D eigenvalue weighted by Crippen LogP contribution is -2.52. The van der Waals surface area contributed by atoms with Gasteiger partial charge in [-0.3, -0.25) is 0 Å². The number of rotatable bonds is 6. The molecule has 2 rings (SSSR count). The first-order valence-corrected chi connectivity index (χ1v) is 7.78. The topological polar surface area (TPSA) is 60.2 Å². The Balaban J connectivity index is 2.18. The van der Waals surface area contributed by atoms with E-state index in [1.807, 2.05) is 12.1 Å². The molecule has 2 atom stereocenters. The number of nitrogens with zero attached hydrogens (tertiary/aromatic N) is 1. The standard InChI is InChI=1S/C16H27N3O/c1-3-11-20-14-8-6-10-18-15(14)19-16(12-17)9-5-4-7-13(16)2/h6,8,10,13H,3-5,7,9,11-12,17H2,1-2H3,(H,18,19). The Kier molecular flexibility index (Phi) is 5.24. The highest BCUT2D eigenvalue weighted by Crippen LogP contribution is 2.37. The predicted octanol–water partition coefficient (Wildman–Crippen LogP) is 3.19. The Labute approximate surface area is 122 Å². The highest BCUT2D eigenvalue weighted by Gasteiger charge is 2.37. The molecule has 1 aliphatic carbocycles. The predicted molar refractivity (Wildman–Crippen MR) is 83.1 cm³/mol. The van der Waals surface area contributed by atoms with Gasteiger partial charge in [-0.15, -0.1) is 0 Å². The van der Waals surface area contributed by atoms with Gasteiger partial charge >= 0.3 is 0 Å². The van der Waals surface area contributed by atoms with Gasteiger partial charge in [0, 0.05) is 12.7 Å². The molecule has 0 saturated heterocycles. The zero-order valence-electron chi connectivity index (χ0n) is 12.7. The molecule has 0 aliphatic heterocycles. The third kappa shape index (κ3) is 3.23. The molecule has 1 heterocycles. The van der Waals surface area contributed by atoms with E-state index in [1.54, 1.807) is 6.20 Å². The molecule has 0 bridgehead atoms. The van der Waals surface area contributed by atoms with Crippen LogP contribution in [0, 0.1) is 5.92 Å². The van der Waals surface area contributed by atoms with Gasteiger partial charge in [0.25, 0.3) is 0 Å². The fourth-order valence-electron chi connectivity index (χ4n) is 3.00. The van der Waals surface area contributed by atoms with Crippen molar-refractivity contribution in [2.24, 2.45) is 11.7 Å². The van der Waals surface area contributed by atoms with Gasteiger partial charge in [0.2, 0.25) is 0 Å². The average Bonchev–Trinajstić information content (AvgIpc) is 2.49. The van der Waals surface area contributed by atoms with Crippen LogP contribution in [-0.4, -0.2) is 23.7 Å². The second-order valence-corrected chi connectivity index (χ2v) is 5.83. The zero-order valence-corrected chi connectivity index (χ0v) is 12.7. The minimum atomic E-state index is -0.0447. The third-order valence-corrected chi connectivity index (χ3v) is 4.42. The SMILES string of the molecule is CCCOc1cccnc1NC1(CN)CCCCC1C. The van der Waals surface area contributed by atoms with Crippen LogP contribution in [0.3, 0.4) is 0 Å². The van der Waals surface area contributed by atoms with Gasteiger partial charge in [0.1, 0.15) is 0 Å². The molecule has 3 N–H and O–H groups in total. The van der Waals surface area contributed by atoms with Gasteiger partial charge in [-0.2, -0.15) is 0 Å². The van der Waals surface area contributed by atoms with Crippen molar-refractivity contribution in [3.05, 3.63) is 18.3 Å². The minimum absolute atomic E-state index is 0.0447. The molecule has 20 heavy (non-hydrogen) atoms. The summed E-state index contributed by atoms with van der Waals surface area (Å²) in [5, 5.41) is 3.61. The van der Waals surface area contributed by atoms with E-state index in [9.17, 15) is 0 Å². The van der Waals surface area contributed by atoms with E-state index in [4.69, 9.17) is 10.5 Å². The van der Waals surface area contributed by atoms with Crippen LogP contribution in [0.15, 0.2) is 18.3 Å². The lowest BCUT2D eigenvalue weighted by atomic mass is 9.73. The van der Waals surface area contributed by atoms with Gasteiger partial charge in [0.05, 0.1) is 12.1 Å². The van der Waals surface area contributed by atoms with Crippen LogP contribution in [0.5, 0.6) is 5.75 Å². The maximum atomic E-state index is 6.10. The highest BCUT2D eigenvalue weighted by atomic mass is 16.5. The molecule has 112 valence electrons. The summed E-state index contributed by atoms with van der Waals surface area (Å²) in [5.41, 5.74) is 6.05. The smallest absolute Gasteiger partial charge is 0.169 e. The average molecular weight is 277 g/mol. The molecular weight excluding hydrogens is 250 g/mol.